The van der Waals surface area contributed by atoms with E-state index in [1.54, 1.807) is 18.4 Å². The summed E-state index contributed by atoms with van der Waals surface area (Å²) >= 11 is 1.43. The van der Waals surface area contributed by atoms with Crippen LogP contribution >= 0.6 is 11.3 Å². The van der Waals surface area contributed by atoms with E-state index in [1.165, 1.54) is 23.5 Å². The minimum atomic E-state index is -0.299. The van der Waals surface area contributed by atoms with Gasteiger partial charge in [0, 0.05) is 18.5 Å². The number of aromatic nitrogens is 1. The van der Waals surface area contributed by atoms with Crippen LogP contribution in [0.25, 0.3) is 11.5 Å². The molecule has 0 saturated heterocycles. The highest BCUT2D eigenvalue weighted by Gasteiger charge is 2.11. The van der Waals surface area contributed by atoms with Crippen molar-refractivity contribution in [3.8, 4) is 11.5 Å². The van der Waals surface area contributed by atoms with Gasteiger partial charge in [-0.15, -0.1) is 11.3 Å². The lowest BCUT2D eigenvalue weighted by molar-refractivity contribution is 0.0957. The fourth-order valence-electron chi connectivity index (χ4n) is 2.14. The van der Waals surface area contributed by atoms with E-state index in [0.717, 1.165) is 21.7 Å². The van der Waals surface area contributed by atoms with Crippen LogP contribution in [0.4, 0.5) is 4.39 Å². The van der Waals surface area contributed by atoms with Gasteiger partial charge in [-0.05, 0) is 48.2 Å². The van der Waals surface area contributed by atoms with Gasteiger partial charge in [0.1, 0.15) is 12.1 Å². The number of hydrogen-bond acceptors (Lipinski definition) is 4. The van der Waals surface area contributed by atoms with Gasteiger partial charge in [0.2, 0.25) is 5.89 Å². The number of nitrogens with one attached hydrogen (secondary N) is 1. The average molecular weight is 330 g/mol. The number of oxazole rings is 1. The van der Waals surface area contributed by atoms with E-state index in [2.05, 4.69) is 10.3 Å². The summed E-state index contributed by atoms with van der Waals surface area (Å²) in [4.78, 5) is 17.1. The number of halogens is 1. The molecule has 0 unspecified atom stereocenters. The Morgan fingerprint density at radius 3 is 2.78 bits per heavy atom. The molecule has 0 atom stereocenters. The van der Waals surface area contributed by atoms with Crippen molar-refractivity contribution in [3.05, 3.63) is 63.9 Å². The Kier molecular flexibility index (Phi) is 4.52. The Morgan fingerprint density at radius 1 is 1.30 bits per heavy atom. The number of aryl methyl sites for hydroxylation is 1. The van der Waals surface area contributed by atoms with Gasteiger partial charge in [-0.1, -0.05) is 0 Å². The minimum Gasteiger partial charge on any atom is -0.444 e. The molecule has 3 rings (SSSR count). The molecule has 0 aliphatic heterocycles. The van der Waals surface area contributed by atoms with Crippen LogP contribution in [0.2, 0.25) is 0 Å². The summed E-state index contributed by atoms with van der Waals surface area (Å²) in [5, 5.41) is 4.77. The van der Waals surface area contributed by atoms with E-state index < -0.39 is 0 Å². The zero-order valence-electron chi connectivity index (χ0n) is 12.5. The predicted octanol–water partition coefficient (Wildman–Crippen LogP) is 3.82. The van der Waals surface area contributed by atoms with E-state index in [9.17, 15) is 9.18 Å². The van der Waals surface area contributed by atoms with Crippen molar-refractivity contribution in [2.24, 2.45) is 0 Å². The molecule has 4 nitrogen and oxygen atoms in total. The summed E-state index contributed by atoms with van der Waals surface area (Å²) in [6.45, 7) is 2.39. The third-order valence-electron chi connectivity index (χ3n) is 3.38. The topological polar surface area (TPSA) is 55.1 Å². The number of nitrogens with zero attached hydrogens (tertiary/aromatic N) is 1. The maximum atomic E-state index is 12.9. The van der Waals surface area contributed by atoms with Crippen molar-refractivity contribution < 1.29 is 13.6 Å². The highest BCUT2D eigenvalue weighted by Crippen LogP contribution is 2.19. The van der Waals surface area contributed by atoms with E-state index in [1.807, 2.05) is 18.4 Å². The lowest BCUT2D eigenvalue weighted by atomic mass is 10.2. The molecular formula is C17H15FN2O2S. The minimum absolute atomic E-state index is 0.0697. The van der Waals surface area contributed by atoms with Gasteiger partial charge in [0.25, 0.3) is 5.91 Å². The maximum Gasteiger partial charge on any atom is 0.261 e. The second kappa shape index (κ2) is 6.75. The molecule has 1 amide bonds. The molecule has 6 heteroatoms. The van der Waals surface area contributed by atoms with Gasteiger partial charge in [0.15, 0.2) is 0 Å². The molecule has 0 saturated carbocycles. The van der Waals surface area contributed by atoms with Crippen molar-refractivity contribution in [3.63, 3.8) is 0 Å². The van der Waals surface area contributed by atoms with Crippen LogP contribution in [0.15, 0.2) is 46.4 Å². The van der Waals surface area contributed by atoms with Gasteiger partial charge in [-0.25, -0.2) is 9.37 Å². The summed E-state index contributed by atoms with van der Waals surface area (Å²) in [6.07, 6.45) is 2.13. The first-order chi connectivity index (χ1) is 11.1. The SMILES string of the molecule is Cc1ccsc1C(=O)NCCc1coc(-c2ccc(F)cc2)n1. The van der Waals surface area contributed by atoms with Gasteiger partial charge >= 0.3 is 0 Å². The number of benzene rings is 1. The van der Waals surface area contributed by atoms with Gasteiger partial charge in [-0.2, -0.15) is 0 Å². The first-order valence-corrected chi connectivity index (χ1v) is 8.04. The summed E-state index contributed by atoms with van der Waals surface area (Å²) in [5.74, 6) is 0.0762. The maximum absolute atomic E-state index is 12.9. The molecule has 0 aliphatic rings. The fourth-order valence-corrected chi connectivity index (χ4v) is 2.98. The fraction of sp³-hybridized carbons (Fsp3) is 0.176. The highest BCUT2D eigenvalue weighted by molar-refractivity contribution is 7.12. The van der Waals surface area contributed by atoms with Crippen LogP contribution in [-0.4, -0.2) is 17.4 Å². The van der Waals surface area contributed by atoms with E-state index in [4.69, 9.17) is 4.42 Å². The van der Waals surface area contributed by atoms with Crippen LogP contribution in [-0.2, 0) is 6.42 Å². The third kappa shape index (κ3) is 3.65. The zero-order valence-corrected chi connectivity index (χ0v) is 13.3. The lowest BCUT2D eigenvalue weighted by Crippen LogP contribution is -2.25. The molecule has 2 heterocycles. The van der Waals surface area contributed by atoms with E-state index in [0.29, 0.717) is 18.9 Å². The molecule has 0 aliphatic carbocycles. The Balaban J connectivity index is 1.56. The molecule has 3 aromatic rings. The normalized spacial score (nSPS) is 10.7. The number of carbonyl (C=O) groups excluding carboxylic acids is 1. The molecular weight excluding hydrogens is 315 g/mol. The summed E-state index contributed by atoms with van der Waals surface area (Å²) in [6, 6.07) is 7.89. The second-order valence-corrected chi connectivity index (χ2v) is 6.01. The van der Waals surface area contributed by atoms with Crippen molar-refractivity contribution >= 4 is 17.2 Å². The van der Waals surface area contributed by atoms with Gasteiger partial charge in [0.05, 0.1) is 10.6 Å². The highest BCUT2D eigenvalue weighted by atomic mass is 32.1. The van der Waals surface area contributed by atoms with Crippen molar-refractivity contribution in [2.75, 3.05) is 6.54 Å². The summed E-state index contributed by atoms with van der Waals surface area (Å²) in [5.41, 5.74) is 2.44. The Bertz CT molecular complexity index is 808. The summed E-state index contributed by atoms with van der Waals surface area (Å²) in [7, 11) is 0. The average Bonchev–Trinajstić information content (AvgIpc) is 3.17. The zero-order chi connectivity index (χ0) is 16.2. The first-order valence-electron chi connectivity index (χ1n) is 7.16. The molecule has 118 valence electrons. The lowest BCUT2D eigenvalue weighted by Gasteiger charge is -2.02. The van der Waals surface area contributed by atoms with Crippen molar-refractivity contribution in [2.45, 2.75) is 13.3 Å². The van der Waals surface area contributed by atoms with E-state index in [-0.39, 0.29) is 11.7 Å². The largest absolute Gasteiger partial charge is 0.444 e. The van der Waals surface area contributed by atoms with Gasteiger partial charge < -0.3 is 9.73 Å². The van der Waals surface area contributed by atoms with Crippen LogP contribution in [0, 0.1) is 12.7 Å². The van der Waals surface area contributed by atoms with Crippen molar-refractivity contribution in [1.82, 2.24) is 10.3 Å². The Morgan fingerprint density at radius 2 is 2.09 bits per heavy atom. The molecule has 0 bridgehead atoms. The quantitative estimate of drug-likeness (QED) is 0.774. The standard InChI is InChI=1S/C17H15FN2O2S/c1-11-7-9-23-15(11)16(21)19-8-6-14-10-22-17(20-14)12-2-4-13(18)5-3-12/h2-5,7,9-10H,6,8H2,1H3,(H,19,21). The van der Waals surface area contributed by atoms with Crippen molar-refractivity contribution in [1.29, 1.82) is 0 Å². The summed E-state index contributed by atoms with van der Waals surface area (Å²) < 4.78 is 18.3. The number of hydrogen-bond donors (Lipinski definition) is 1. The Hall–Kier alpha value is -2.47. The number of rotatable bonds is 5. The molecule has 2 aromatic heterocycles. The van der Waals surface area contributed by atoms with Crippen LogP contribution in [0.3, 0.4) is 0 Å². The number of amides is 1. The molecule has 0 fully saturated rings. The van der Waals surface area contributed by atoms with Crippen LogP contribution in [0.5, 0.6) is 0 Å². The van der Waals surface area contributed by atoms with E-state index >= 15 is 0 Å². The predicted molar refractivity (Wildman–Crippen MR) is 87.0 cm³/mol. The van der Waals surface area contributed by atoms with Crippen LogP contribution in [0.1, 0.15) is 20.9 Å². The third-order valence-corrected chi connectivity index (χ3v) is 4.39. The molecule has 1 aromatic carbocycles. The first kappa shape index (κ1) is 15.4. The van der Waals surface area contributed by atoms with Crippen LogP contribution < -0.4 is 5.32 Å². The smallest absolute Gasteiger partial charge is 0.261 e. The second-order valence-electron chi connectivity index (χ2n) is 5.09. The number of carbonyl (C=O) groups is 1. The molecule has 1 N–H and O–H groups in total. The monoisotopic (exact) mass is 330 g/mol. The van der Waals surface area contributed by atoms with Gasteiger partial charge in [-0.3, -0.25) is 4.79 Å². The number of thiophene rings is 1. The molecule has 23 heavy (non-hydrogen) atoms. The molecule has 0 spiro atoms. The Labute approximate surface area is 137 Å². The molecule has 0 radical (unpaired) electrons.